The molecule has 0 aliphatic heterocycles. The second-order valence-corrected chi connectivity index (χ2v) is 4.83. The number of ether oxygens (including phenoxy) is 1. The lowest BCUT2D eigenvalue weighted by Crippen LogP contribution is -2.25. The number of aliphatic hydroxyl groups excluding tert-OH is 1. The fraction of sp³-hybridized carbons (Fsp3) is 0.562. The molecule has 0 spiro atoms. The lowest BCUT2D eigenvalue weighted by Gasteiger charge is -2.14. The van der Waals surface area contributed by atoms with E-state index in [0.717, 1.165) is 12.1 Å². The normalized spacial score (nSPS) is 11.8. The van der Waals surface area contributed by atoms with Crippen molar-refractivity contribution in [1.82, 2.24) is 0 Å². The number of unbranched alkanes of at least 4 members (excludes halogenated alkanes) is 3. The van der Waals surface area contributed by atoms with Crippen LogP contribution in [0.15, 0.2) is 24.3 Å². The Hall–Kier alpha value is -1.57. The van der Waals surface area contributed by atoms with E-state index in [9.17, 15) is 5.11 Å². The zero-order valence-electron chi connectivity index (χ0n) is 12.1. The summed E-state index contributed by atoms with van der Waals surface area (Å²) in [6, 6.07) is 9.37. The van der Waals surface area contributed by atoms with Gasteiger partial charge in [0.05, 0.1) is 24.0 Å². The molecular formula is C16H24N2O2. The Morgan fingerprint density at radius 2 is 2.10 bits per heavy atom. The minimum absolute atomic E-state index is 0.327. The summed E-state index contributed by atoms with van der Waals surface area (Å²) in [7, 11) is 0. The van der Waals surface area contributed by atoms with Crippen LogP contribution in [0.5, 0.6) is 0 Å². The third-order valence-corrected chi connectivity index (χ3v) is 3.03. The van der Waals surface area contributed by atoms with Crippen LogP contribution in [0.3, 0.4) is 0 Å². The molecular weight excluding hydrogens is 252 g/mol. The van der Waals surface area contributed by atoms with E-state index in [2.05, 4.69) is 18.3 Å². The number of benzene rings is 1. The number of hydrogen-bond donors (Lipinski definition) is 2. The van der Waals surface area contributed by atoms with E-state index in [-0.39, 0.29) is 0 Å². The highest BCUT2D eigenvalue weighted by Gasteiger charge is 2.06. The summed E-state index contributed by atoms with van der Waals surface area (Å²) < 4.78 is 5.43. The topological polar surface area (TPSA) is 65.3 Å². The maximum absolute atomic E-state index is 9.81. The standard InChI is InChI=1S/C16H24N2O2/c1-2-3-4-7-10-20-13-15(19)12-18-16-9-6-5-8-14(16)11-17/h5-6,8-9,15,18-19H,2-4,7,10,12-13H2,1H3. The van der Waals surface area contributed by atoms with E-state index >= 15 is 0 Å². The van der Waals surface area contributed by atoms with Gasteiger partial charge in [0.25, 0.3) is 0 Å². The van der Waals surface area contributed by atoms with Gasteiger partial charge in [-0.2, -0.15) is 5.26 Å². The number of aliphatic hydroxyl groups is 1. The summed E-state index contributed by atoms with van der Waals surface area (Å²) in [5.41, 5.74) is 1.33. The third kappa shape index (κ3) is 6.55. The van der Waals surface area contributed by atoms with Gasteiger partial charge in [-0.25, -0.2) is 0 Å². The quantitative estimate of drug-likeness (QED) is 0.645. The first kappa shape index (κ1) is 16.5. The van der Waals surface area contributed by atoms with Crippen molar-refractivity contribution in [2.45, 2.75) is 38.7 Å². The van der Waals surface area contributed by atoms with Gasteiger partial charge in [-0.05, 0) is 18.6 Å². The van der Waals surface area contributed by atoms with Crippen LogP contribution in [-0.4, -0.2) is 31.0 Å². The second-order valence-electron chi connectivity index (χ2n) is 4.83. The molecule has 1 aromatic carbocycles. The zero-order valence-corrected chi connectivity index (χ0v) is 12.1. The molecule has 0 heterocycles. The van der Waals surface area contributed by atoms with Gasteiger partial charge in [0.1, 0.15) is 6.07 Å². The predicted octanol–water partition coefficient (Wildman–Crippen LogP) is 2.93. The molecule has 0 bridgehead atoms. The molecule has 110 valence electrons. The summed E-state index contributed by atoms with van der Waals surface area (Å²) in [4.78, 5) is 0. The van der Waals surface area contributed by atoms with Crippen molar-refractivity contribution in [1.29, 1.82) is 5.26 Å². The molecule has 0 radical (unpaired) electrons. The maximum atomic E-state index is 9.81. The molecule has 1 aromatic rings. The molecule has 1 unspecified atom stereocenters. The first-order valence-corrected chi connectivity index (χ1v) is 7.26. The first-order valence-electron chi connectivity index (χ1n) is 7.26. The molecule has 0 amide bonds. The lowest BCUT2D eigenvalue weighted by atomic mass is 10.2. The van der Waals surface area contributed by atoms with Crippen LogP contribution in [0.2, 0.25) is 0 Å². The van der Waals surface area contributed by atoms with Gasteiger partial charge in [0.15, 0.2) is 0 Å². The predicted molar refractivity (Wildman–Crippen MR) is 80.6 cm³/mol. The van der Waals surface area contributed by atoms with E-state index in [1.54, 1.807) is 6.07 Å². The number of nitriles is 1. The van der Waals surface area contributed by atoms with Crippen molar-refractivity contribution in [3.8, 4) is 6.07 Å². The van der Waals surface area contributed by atoms with E-state index in [1.165, 1.54) is 19.3 Å². The molecule has 0 aliphatic carbocycles. The molecule has 0 fully saturated rings. The Labute approximate surface area is 121 Å². The van der Waals surface area contributed by atoms with Crippen molar-refractivity contribution < 1.29 is 9.84 Å². The molecule has 20 heavy (non-hydrogen) atoms. The molecule has 0 saturated heterocycles. The van der Waals surface area contributed by atoms with Gasteiger partial charge < -0.3 is 15.2 Å². The SMILES string of the molecule is CCCCCCOCC(O)CNc1ccccc1C#N. The average Bonchev–Trinajstić information content (AvgIpc) is 2.49. The number of anilines is 1. The van der Waals surface area contributed by atoms with Crippen LogP contribution in [0.25, 0.3) is 0 Å². The molecule has 4 nitrogen and oxygen atoms in total. The Morgan fingerprint density at radius 1 is 1.30 bits per heavy atom. The Morgan fingerprint density at radius 3 is 2.85 bits per heavy atom. The maximum Gasteiger partial charge on any atom is 0.101 e. The van der Waals surface area contributed by atoms with E-state index in [4.69, 9.17) is 10.00 Å². The number of nitrogens with zero attached hydrogens (tertiary/aromatic N) is 1. The van der Waals surface area contributed by atoms with E-state index < -0.39 is 6.10 Å². The van der Waals surface area contributed by atoms with E-state index in [1.807, 2.05) is 18.2 Å². The van der Waals surface area contributed by atoms with Gasteiger partial charge in [0.2, 0.25) is 0 Å². The van der Waals surface area contributed by atoms with Crippen LogP contribution in [-0.2, 0) is 4.74 Å². The van der Waals surface area contributed by atoms with Crippen molar-refractivity contribution >= 4 is 5.69 Å². The van der Waals surface area contributed by atoms with Crippen LogP contribution >= 0.6 is 0 Å². The van der Waals surface area contributed by atoms with Crippen LogP contribution in [0.4, 0.5) is 5.69 Å². The number of para-hydroxylation sites is 1. The van der Waals surface area contributed by atoms with Crippen LogP contribution in [0, 0.1) is 11.3 Å². The first-order chi connectivity index (χ1) is 9.77. The monoisotopic (exact) mass is 276 g/mol. The van der Waals surface area contributed by atoms with Gasteiger partial charge in [-0.15, -0.1) is 0 Å². The summed E-state index contributed by atoms with van der Waals surface area (Å²) in [6.07, 6.45) is 4.11. The van der Waals surface area contributed by atoms with Gasteiger partial charge in [-0.3, -0.25) is 0 Å². The Kier molecular flexibility index (Phi) is 8.44. The molecule has 0 saturated carbocycles. The van der Waals surface area contributed by atoms with E-state index in [0.29, 0.717) is 25.3 Å². The molecule has 0 aromatic heterocycles. The van der Waals surface area contributed by atoms with Crippen molar-refractivity contribution in [3.63, 3.8) is 0 Å². The summed E-state index contributed by atoms with van der Waals surface area (Å²) in [5.74, 6) is 0. The minimum atomic E-state index is -0.562. The largest absolute Gasteiger partial charge is 0.389 e. The molecule has 1 rings (SSSR count). The third-order valence-electron chi connectivity index (χ3n) is 3.03. The zero-order chi connectivity index (χ0) is 14.6. The average molecular weight is 276 g/mol. The van der Waals surface area contributed by atoms with Gasteiger partial charge >= 0.3 is 0 Å². The lowest BCUT2D eigenvalue weighted by molar-refractivity contribution is 0.0417. The summed E-state index contributed by atoms with van der Waals surface area (Å²) in [5, 5.41) is 21.8. The fourth-order valence-corrected chi connectivity index (χ4v) is 1.87. The summed E-state index contributed by atoms with van der Waals surface area (Å²) >= 11 is 0. The van der Waals surface area contributed by atoms with Crippen molar-refractivity contribution in [3.05, 3.63) is 29.8 Å². The second kappa shape index (κ2) is 10.2. The number of nitrogens with one attached hydrogen (secondary N) is 1. The van der Waals surface area contributed by atoms with Crippen molar-refractivity contribution in [2.24, 2.45) is 0 Å². The summed E-state index contributed by atoms with van der Waals surface area (Å²) in [6.45, 7) is 3.59. The molecule has 1 atom stereocenters. The Bertz CT molecular complexity index is 415. The van der Waals surface area contributed by atoms with Crippen LogP contribution in [0.1, 0.15) is 38.2 Å². The highest BCUT2D eigenvalue weighted by molar-refractivity contribution is 5.57. The smallest absolute Gasteiger partial charge is 0.101 e. The molecule has 2 N–H and O–H groups in total. The number of hydrogen-bond acceptors (Lipinski definition) is 4. The van der Waals surface area contributed by atoms with Gasteiger partial charge in [0, 0.05) is 13.2 Å². The van der Waals surface area contributed by atoms with Gasteiger partial charge in [-0.1, -0.05) is 38.3 Å². The van der Waals surface area contributed by atoms with Crippen LogP contribution < -0.4 is 5.32 Å². The Balaban J connectivity index is 2.17. The van der Waals surface area contributed by atoms with Crippen molar-refractivity contribution in [2.75, 3.05) is 25.1 Å². The highest BCUT2D eigenvalue weighted by Crippen LogP contribution is 2.13. The molecule has 4 heteroatoms. The fourth-order valence-electron chi connectivity index (χ4n) is 1.87. The molecule has 0 aliphatic rings. The minimum Gasteiger partial charge on any atom is -0.389 e. The number of rotatable bonds is 10. The highest BCUT2D eigenvalue weighted by atomic mass is 16.5.